The number of ether oxygens (including phenoxy) is 1. The summed E-state index contributed by atoms with van der Waals surface area (Å²) in [7, 11) is 2.05. The molecular formula is C17H28N2O2. The molecule has 4 bridgehead atoms. The molecule has 1 aliphatic heterocycles. The number of carbonyl (C=O) groups is 1. The summed E-state index contributed by atoms with van der Waals surface area (Å²) in [6, 6.07) is 0.516. The summed E-state index contributed by atoms with van der Waals surface area (Å²) in [4.78, 5) is 14.8. The Morgan fingerprint density at radius 1 is 1.14 bits per heavy atom. The Morgan fingerprint density at radius 3 is 2.38 bits per heavy atom. The highest BCUT2D eigenvalue weighted by Gasteiger charge is 2.50. The van der Waals surface area contributed by atoms with Crippen molar-refractivity contribution in [1.29, 1.82) is 0 Å². The third-order valence-corrected chi connectivity index (χ3v) is 6.42. The van der Waals surface area contributed by atoms with Crippen molar-refractivity contribution < 1.29 is 9.53 Å². The molecule has 4 nitrogen and oxygen atoms in total. The standard InChI is InChI=1S/C17H28N2O2/c1-19(16(20)9-15-10-18-2-3-21-15)17-13-5-11-4-12(7-13)8-14(17)6-11/h11-15,17-18H,2-10H2,1H3. The molecule has 5 aliphatic rings. The zero-order valence-corrected chi connectivity index (χ0v) is 13.1. The monoisotopic (exact) mass is 292 g/mol. The number of hydrogen-bond acceptors (Lipinski definition) is 3. The summed E-state index contributed by atoms with van der Waals surface area (Å²) in [5.74, 6) is 3.79. The van der Waals surface area contributed by atoms with Crippen LogP contribution in [0.2, 0.25) is 0 Å². The van der Waals surface area contributed by atoms with Crippen molar-refractivity contribution in [1.82, 2.24) is 10.2 Å². The predicted octanol–water partition coefficient (Wildman–Crippen LogP) is 1.65. The van der Waals surface area contributed by atoms with Gasteiger partial charge in [0.15, 0.2) is 0 Å². The topological polar surface area (TPSA) is 41.6 Å². The molecule has 1 unspecified atom stereocenters. The van der Waals surface area contributed by atoms with E-state index >= 15 is 0 Å². The Hall–Kier alpha value is -0.610. The Labute approximate surface area is 127 Å². The fraction of sp³-hybridized carbons (Fsp3) is 0.941. The summed E-state index contributed by atoms with van der Waals surface area (Å²) in [5, 5.41) is 3.31. The van der Waals surface area contributed by atoms with E-state index in [1.807, 2.05) is 7.05 Å². The summed E-state index contributed by atoms with van der Waals surface area (Å²) in [6.07, 6.45) is 7.58. The van der Waals surface area contributed by atoms with E-state index in [0.717, 1.165) is 43.4 Å². The van der Waals surface area contributed by atoms with E-state index in [0.29, 0.717) is 18.4 Å². The van der Waals surface area contributed by atoms with Gasteiger partial charge in [0.25, 0.3) is 0 Å². The van der Waals surface area contributed by atoms with Gasteiger partial charge in [-0.05, 0) is 55.8 Å². The number of carbonyl (C=O) groups excluding carboxylic acids is 1. The fourth-order valence-corrected chi connectivity index (χ4v) is 5.78. The van der Waals surface area contributed by atoms with Gasteiger partial charge in [0, 0.05) is 26.2 Å². The van der Waals surface area contributed by atoms with E-state index < -0.39 is 0 Å². The minimum absolute atomic E-state index is 0.0746. The first kappa shape index (κ1) is 14.0. The Balaban J connectivity index is 1.39. The van der Waals surface area contributed by atoms with Crippen LogP contribution < -0.4 is 5.32 Å². The minimum Gasteiger partial charge on any atom is -0.375 e. The van der Waals surface area contributed by atoms with Gasteiger partial charge >= 0.3 is 0 Å². The van der Waals surface area contributed by atoms with Crippen LogP contribution in [0.15, 0.2) is 0 Å². The van der Waals surface area contributed by atoms with Crippen molar-refractivity contribution in [3.05, 3.63) is 0 Å². The van der Waals surface area contributed by atoms with E-state index in [9.17, 15) is 4.79 Å². The molecule has 21 heavy (non-hydrogen) atoms. The second kappa shape index (κ2) is 5.54. The second-order valence-corrected chi connectivity index (χ2v) is 7.83. The third kappa shape index (κ3) is 2.61. The average Bonchev–Trinajstić information content (AvgIpc) is 2.47. The van der Waals surface area contributed by atoms with Crippen molar-refractivity contribution in [2.75, 3.05) is 26.7 Å². The SMILES string of the molecule is CN(C(=O)CC1CNCCO1)C1C2CC3CC(C2)CC1C3. The van der Waals surface area contributed by atoms with Crippen LogP contribution in [0.5, 0.6) is 0 Å². The van der Waals surface area contributed by atoms with E-state index in [1.54, 1.807) is 0 Å². The van der Waals surface area contributed by atoms with Crippen molar-refractivity contribution in [3.63, 3.8) is 0 Å². The van der Waals surface area contributed by atoms with Gasteiger partial charge in [-0.15, -0.1) is 0 Å². The summed E-state index contributed by atoms with van der Waals surface area (Å²) in [6.45, 7) is 2.47. The highest BCUT2D eigenvalue weighted by molar-refractivity contribution is 5.77. The number of amides is 1. The molecule has 0 aromatic heterocycles. The molecule has 4 saturated carbocycles. The van der Waals surface area contributed by atoms with E-state index in [1.165, 1.54) is 32.1 Å². The normalized spacial score (nSPS) is 44.8. The first-order chi connectivity index (χ1) is 10.2. The highest BCUT2D eigenvalue weighted by atomic mass is 16.5. The van der Waals surface area contributed by atoms with Crippen LogP contribution >= 0.6 is 0 Å². The quantitative estimate of drug-likeness (QED) is 0.860. The molecule has 118 valence electrons. The maximum atomic E-state index is 12.7. The molecule has 0 aromatic carbocycles. The van der Waals surface area contributed by atoms with E-state index in [4.69, 9.17) is 4.74 Å². The van der Waals surface area contributed by atoms with Gasteiger partial charge in [-0.25, -0.2) is 0 Å². The molecule has 5 rings (SSSR count). The first-order valence-electron chi connectivity index (χ1n) is 8.78. The maximum absolute atomic E-state index is 12.7. The number of nitrogens with one attached hydrogen (secondary N) is 1. The van der Waals surface area contributed by atoms with Gasteiger partial charge in [0.1, 0.15) is 0 Å². The van der Waals surface area contributed by atoms with Crippen molar-refractivity contribution in [2.24, 2.45) is 23.7 Å². The molecule has 1 amide bonds. The van der Waals surface area contributed by atoms with Crippen LogP contribution in [0.25, 0.3) is 0 Å². The lowest BCUT2D eigenvalue weighted by atomic mass is 9.54. The largest absolute Gasteiger partial charge is 0.375 e. The Morgan fingerprint density at radius 2 is 1.81 bits per heavy atom. The molecule has 1 atom stereocenters. The summed E-state index contributed by atoms with van der Waals surface area (Å²) >= 11 is 0. The number of morpholine rings is 1. The van der Waals surface area contributed by atoms with Crippen LogP contribution in [0.4, 0.5) is 0 Å². The van der Waals surface area contributed by atoms with Crippen LogP contribution in [0.3, 0.4) is 0 Å². The van der Waals surface area contributed by atoms with Crippen molar-refractivity contribution >= 4 is 5.91 Å². The summed E-state index contributed by atoms with van der Waals surface area (Å²) < 4.78 is 5.69. The fourth-order valence-electron chi connectivity index (χ4n) is 5.78. The molecule has 0 radical (unpaired) electrons. The zero-order valence-electron chi connectivity index (χ0n) is 13.1. The van der Waals surface area contributed by atoms with Crippen LogP contribution in [0, 0.1) is 23.7 Å². The molecule has 1 saturated heterocycles. The smallest absolute Gasteiger partial charge is 0.225 e. The lowest BCUT2D eigenvalue weighted by Crippen LogP contribution is -2.56. The molecule has 5 fully saturated rings. The number of rotatable bonds is 3. The zero-order chi connectivity index (χ0) is 14.4. The Bertz CT molecular complexity index is 378. The first-order valence-corrected chi connectivity index (χ1v) is 8.78. The summed E-state index contributed by atoms with van der Waals surface area (Å²) in [5.41, 5.74) is 0. The van der Waals surface area contributed by atoms with Gasteiger partial charge in [-0.2, -0.15) is 0 Å². The van der Waals surface area contributed by atoms with Crippen molar-refractivity contribution in [3.8, 4) is 0 Å². The van der Waals surface area contributed by atoms with Gasteiger partial charge in [-0.3, -0.25) is 4.79 Å². The van der Waals surface area contributed by atoms with Gasteiger partial charge in [-0.1, -0.05) is 0 Å². The lowest BCUT2D eigenvalue weighted by molar-refractivity contribution is -0.144. The maximum Gasteiger partial charge on any atom is 0.225 e. The third-order valence-electron chi connectivity index (χ3n) is 6.42. The van der Waals surface area contributed by atoms with Gasteiger partial charge in [0.2, 0.25) is 5.91 Å². The molecule has 1 heterocycles. The van der Waals surface area contributed by atoms with Crippen molar-refractivity contribution in [2.45, 2.75) is 50.7 Å². The molecule has 4 heteroatoms. The second-order valence-electron chi connectivity index (χ2n) is 7.83. The van der Waals surface area contributed by atoms with Crippen LogP contribution in [-0.4, -0.2) is 49.7 Å². The molecular weight excluding hydrogens is 264 g/mol. The highest BCUT2D eigenvalue weighted by Crippen LogP contribution is 2.55. The molecule has 4 aliphatic carbocycles. The molecule has 1 N–H and O–H groups in total. The molecule has 0 aromatic rings. The number of hydrogen-bond donors (Lipinski definition) is 1. The van der Waals surface area contributed by atoms with Crippen LogP contribution in [0.1, 0.15) is 38.5 Å². The predicted molar refractivity (Wildman–Crippen MR) is 80.8 cm³/mol. The van der Waals surface area contributed by atoms with Crippen LogP contribution in [-0.2, 0) is 9.53 Å². The van der Waals surface area contributed by atoms with Gasteiger partial charge < -0.3 is 15.0 Å². The Kier molecular flexibility index (Phi) is 3.70. The molecule has 0 spiro atoms. The number of nitrogens with zero attached hydrogens (tertiary/aromatic N) is 1. The lowest BCUT2D eigenvalue weighted by Gasteiger charge is -2.56. The average molecular weight is 292 g/mol. The minimum atomic E-state index is 0.0746. The van der Waals surface area contributed by atoms with E-state index in [-0.39, 0.29) is 6.10 Å². The van der Waals surface area contributed by atoms with Gasteiger partial charge in [0.05, 0.1) is 19.1 Å². The van der Waals surface area contributed by atoms with E-state index in [2.05, 4.69) is 10.2 Å².